The zero-order valence-electron chi connectivity index (χ0n) is 13.6. The quantitative estimate of drug-likeness (QED) is 0.380. The van der Waals surface area contributed by atoms with E-state index < -0.39 is 5.97 Å². The summed E-state index contributed by atoms with van der Waals surface area (Å²) < 4.78 is 0. The third kappa shape index (κ3) is 9.23. The smallest absolute Gasteiger partial charge is 0.313 e. The number of hydrogen-bond acceptors (Lipinski definition) is 2. The molecule has 0 unspecified atom stereocenters. The third-order valence-electron chi connectivity index (χ3n) is 4.41. The van der Waals surface area contributed by atoms with Crippen molar-refractivity contribution < 1.29 is 9.90 Å². The highest BCUT2D eigenvalue weighted by Crippen LogP contribution is 2.36. The zero-order chi connectivity index (χ0) is 15.3. The molecule has 0 heterocycles. The molecule has 0 aromatic heterocycles. The average Bonchev–Trinajstić information content (AvgIpc) is 2.89. The summed E-state index contributed by atoms with van der Waals surface area (Å²) in [5.74, 6) is 2.27. The zero-order valence-corrected chi connectivity index (χ0v) is 14.4. The molecule has 1 saturated carbocycles. The Hall–Kier alpha value is -0.440. The van der Waals surface area contributed by atoms with E-state index in [4.69, 9.17) is 5.11 Å². The molecule has 0 aliphatic heterocycles. The SMILES string of the molecule is CCCCCC=C[C@H]1CCC[C@@H]1CCCCSCC(=O)O. The van der Waals surface area contributed by atoms with E-state index in [9.17, 15) is 4.79 Å². The van der Waals surface area contributed by atoms with Crippen LogP contribution in [0.1, 0.15) is 71.1 Å². The van der Waals surface area contributed by atoms with Gasteiger partial charge < -0.3 is 5.11 Å². The van der Waals surface area contributed by atoms with Gasteiger partial charge in [0, 0.05) is 0 Å². The van der Waals surface area contributed by atoms with Gasteiger partial charge in [0.15, 0.2) is 0 Å². The first kappa shape index (κ1) is 18.6. The molecule has 0 saturated heterocycles. The molecule has 0 spiro atoms. The van der Waals surface area contributed by atoms with E-state index in [1.807, 2.05) is 0 Å². The summed E-state index contributed by atoms with van der Waals surface area (Å²) in [6, 6.07) is 0. The topological polar surface area (TPSA) is 37.3 Å². The van der Waals surface area contributed by atoms with Crippen molar-refractivity contribution in [1.29, 1.82) is 0 Å². The van der Waals surface area contributed by atoms with E-state index in [0.29, 0.717) is 0 Å². The van der Waals surface area contributed by atoms with Gasteiger partial charge in [-0.2, -0.15) is 11.8 Å². The number of unbranched alkanes of at least 4 members (excludes halogenated alkanes) is 4. The summed E-state index contributed by atoms with van der Waals surface area (Å²) in [5, 5.41) is 8.59. The minimum absolute atomic E-state index is 0.256. The number of hydrogen-bond donors (Lipinski definition) is 1. The number of carbonyl (C=O) groups is 1. The van der Waals surface area contributed by atoms with Crippen molar-refractivity contribution in [3.8, 4) is 0 Å². The number of carboxylic acids is 1. The molecule has 3 heteroatoms. The van der Waals surface area contributed by atoms with E-state index in [0.717, 1.165) is 17.6 Å². The van der Waals surface area contributed by atoms with Crippen LogP contribution >= 0.6 is 11.8 Å². The van der Waals surface area contributed by atoms with Gasteiger partial charge >= 0.3 is 5.97 Å². The highest BCUT2D eigenvalue weighted by atomic mass is 32.2. The Morgan fingerprint density at radius 3 is 2.86 bits per heavy atom. The van der Waals surface area contributed by atoms with Crippen molar-refractivity contribution in [1.82, 2.24) is 0 Å². The van der Waals surface area contributed by atoms with Crippen molar-refractivity contribution in [2.45, 2.75) is 71.1 Å². The molecule has 0 amide bonds. The monoisotopic (exact) mass is 312 g/mol. The summed E-state index contributed by atoms with van der Waals surface area (Å²) in [4.78, 5) is 10.4. The molecule has 0 bridgehead atoms. The van der Waals surface area contributed by atoms with Gasteiger partial charge in [-0.1, -0.05) is 44.8 Å². The Morgan fingerprint density at radius 1 is 1.24 bits per heavy atom. The van der Waals surface area contributed by atoms with Crippen LogP contribution < -0.4 is 0 Å². The van der Waals surface area contributed by atoms with E-state index in [2.05, 4.69) is 19.1 Å². The summed E-state index contributed by atoms with van der Waals surface area (Å²) in [5.41, 5.74) is 0. The lowest BCUT2D eigenvalue weighted by Crippen LogP contribution is -2.05. The van der Waals surface area contributed by atoms with E-state index >= 15 is 0 Å². The molecule has 0 aromatic carbocycles. The fourth-order valence-corrected chi connectivity index (χ4v) is 3.96. The summed E-state index contributed by atoms with van der Waals surface area (Å²) in [6.45, 7) is 2.26. The van der Waals surface area contributed by atoms with Crippen molar-refractivity contribution in [3.63, 3.8) is 0 Å². The maximum atomic E-state index is 10.4. The molecule has 1 aliphatic carbocycles. The van der Waals surface area contributed by atoms with Gasteiger partial charge in [0.1, 0.15) is 0 Å². The van der Waals surface area contributed by atoms with Gasteiger partial charge in [-0.05, 0) is 56.1 Å². The standard InChI is InChI=1S/C18H32O2S/c1-2-3-4-5-6-10-16-12-9-13-17(16)11-7-8-14-21-15-18(19)20/h6,10,16-17H,2-5,7-9,11-15H2,1H3,(H,19,20)/t16-,17-/m0/s1. The normalized spacial score (nSPS) is 22.1. The second-order valence-electron chi connectivity index (χ2n) is 6.22. The fraction of sp³-hybridized carbons (Fsp3) is 0.833. The lowest BCUT2D eigenvalue weighted by molar-refractivity contribution is -0.133. The van der Waals surface area contributed by atoms with Gasteiger partial charge in [0.2, 0.25) is 0 Å². The number of thioether (sulfide) groups is 1. The molecule has 1 aliphatic rings. The van der Waals surface area contributed by atoms with Crippen molar-refractivity contribution in [2.75, 3.05) is 11.5 Å². The van der Waals surface area contributed by atoms with Gasteiger partial charge in [-0.3, -0.25) is 4.79 Å². The summed E-state index contributed by atoms with van der Waals surface area (Å²) >= 11 is 1.55. The molecule has 0 aromatic rings. The Kier molecular flexibility index (Phi) is 10.8. The first-order valence-corrected chi connectivity index (χ1v) is 9.85. The molecule has 122 valence electrons. The number of aliphatic carboxylic acids is 1. The molecule has 2 atom stereocenters. The Bertz CT molecular complexity index is 302. The third-order valence-corrected chi connectivity index (χ3v) is 5.44. The average molecular weight is 313 g/mol. The van der Waals surface area contributed by atoms with Crippen LogP contribution in [0.25, 0.3) is 0 Å². The van der Waals surface area contributed by atoms with Crippen LogP contribution in [-0.4, -0.2) is 22.6 Å². The second kappa shape index (κ2) is 12.1. The highest BCUT2D eigenvalue weighted by molar-refractivity contribution is 7.99. The largest absolute Gasteiger partial charge is 0.481 e. The number of rotatable bonds is 12. The Labute approximate surface area is 134 Å². The van der Waals surface area contributed by atoms with Crippen molar-refractivity contribution in [3.05, 3.63) is 12.2 Å². The molecular formula is C18H32O2S. The Balaban J connectivity index is 2.08. The van der Waals surface area contributed by atoms with E-state index in [-0.39, 0.29) is 5.75 Å². The van der Waals surface area contributed by atoms with Crippen LogP contribution in [-0.2, 0) is 4.79 Å². The summed E-state index contributed by atoms with van der Waals surface area (Å²) in [7, 11) is 0. The minimum atomic E-state index is -0.691. The molecule has 1 rings (SSSR count). The first-order valence-electron chi connectivity index (χ1n) is 8.70. The highest BCUT2D eigenvalue weighted by Gasteiger charge is 2.24. The van der Waals surface area contributed by atoms with E-state index in [1.165, 1.54) is 64.2 Å². The van der Waals surface area contributed by atoms with Gasteiger partial charge in [-0.15, -0.1) is 0 Å². The van der Waals surface area contributed by atoms with Gasteiger partial charge in [0.25, 0.3) is 0 Å². The maximum Gasteiger partial charge on any atom is 0.313 e. The maximum absolute atomic E-state index is 10.4. The number of carboxylic acid groups (broad SMARTS) is 1. The molecule has 1 N–H and O–H groups in total. The van der Waals surface area contributed by atoms with Crippen LogP contribution in [0.4, 0.5) is 0 Å². The summed E-state index contributed by atoms with van der Waals surface area (Å²) in [6.07, 6.45) is 18.1. The number of allylic oxidation sites excluding steroid dienone is 2. The predicted octanol–water partition coefficient (Wildman–Crippen LogP) is 5.53. The molecule has 0 radical (unpaired) electrons. The second-order valence-corrected chi connectivity index (χ2v) is 7.33. The van der Waals surface area contributed by atoms with E-state index in [1.54, 1.807) is 11.8 Å². The van der Waals surface area contributed by atoms with Crippen LogP contribution in [0.15, 0.2) is 12.2 Å². The van der Waals surface area contributed by atoms with Crippen molar-refractivity contribution in [2.24, 2.45) is 11.8 Å². The minimum Gasteiger partial charge on any atom is -0.481 e. The van der Waals surface area contributed by atoms with Crippen LogP contribution in [0, 0.1) is 11.8 Å². The molecular weight excluding hydrogens is 280 g/mol. The van der Waals surface area contributed by atoms with Gasteiger partial charge in [-0.25, -0.2) is 0 Å². The molecule has 1 fully saturated rings. The lowest BCUT2D eigenvalue weighted by Gasteiger charge is -2.16. The first-order chi connectivity index (χ1) is 10.2. The van der Waals surface area contributed by atoms with Crippen LogP contribution in [0.2, 0.25) is 0 Å². The fourth-order valence-electron chi connectivity index (χ4n) is 3.23. The van der Waals surface area contributed by atoms with Crippen LogP contribution in [0.5, 0.6) is 0 Å². The lowest BCUT2D eigenvalue weighted by atomic mass is 9.90. The Morgan fingerprint density at radius 2 is 2.10 bits per heavy atom. The predicted molar refractivity (Wildman–Crippen MR) is 92.9 cm³/mol. The van der Waals surface area contributed by atoms with Crippen LogP contribution in [0.3, 0.4) is 0 Å². The van der Waals surface area contributed by atoms with Gasteiger partial charge in [0.05, 0.1) is 5.75 Å². The van der Waals surface area contributed by atoms with Crippen molar-refractivity contribution >= 4 is 17.7 Å². The molecule has 21 heavy (non-hydrogen) atoms. The molecule has 2 nitrogen and oxygen atoms in total.